The van der Waals surface area contributed by atoms with E-state index in [0.717, 1.165) is 25.0 Å². The maximum atomic E-state index is 13.0. The van der Waals surface area contributed by atoms with Gasteiger partial charge in [0, 0.05) is 25.5 Å². The summed E-state index contributed by atoms with van der Waals surface area (Å²) in [6.07, 6.45) is 10.8. The Morgan fingerprint density at radius 1 is 1.17 bits per heavy atom. The SMILES string of the molecule is CC1CCN(C(=O)c2ccc3nccnc3n2)CC12CCCCC2. The van der Waals surface area contributed by atoms with Crippen molar-refractivity contribution in [3.8, 4) is 0 Å². The number of fused-ring (bicyclic) bond motifs is 1. The molecule has 5 nitrogen and oxygen atoms in total. The van der Waals surface area contributed by atoms with Crippen LogP contribution in [0, 0.1) is 11.3 Å². The molecule has 1 amide bonds. The monoisotopic (exact) mass is 324 g/mol. The number of carbonyl (C=O) groups excluding carboxylic acids is 1. The molecule has 0 radical (unpaired) electrons. The van der Waals surface area contributed by atoms with Crippen molar-refractivity contribution in [3.05, 3.63) is 30.2 Å². The molecule has 0 bridgehead atoms. The Labute approximate surface area is 142 Å². The van der Waals surface area contributed by atoms with Gasteiger partial charge in [-0.1, -0.05) is 26.2 Å². The van der Waals surface area contributed by atoms with E-state index in [1.54, 1.807) is 18.5 Å². The van der Waals surface area contributed by atoms with E-state index in [-0.39, 0.29) is 5.91 Å². The molecular formula is C19H24N4O. The van der Waals surface area contributed by atoms with Crippen molar-refractivity contribution in [3.63, 3.8) is 0 Å². The lowest BCUT2D eigenvalue weighted by molar-refractivity contribution is 0.00655. The molecule has 5 heteroatoms. The average molecular weight is 324 g/mol. The van der Waals surface area contributed by atoms with Crippen molar-refractivity contribution >= 4 is 17.1 Å². The summed E-state index contributed by atoms with van der Waals surface area (Å²) in [5, 5.41) is 0. The second-order valence-corrected chi connectivity index (χ2v) is 7.44. The Bertz CT molecular complexity index is 754. The van der Waals surface area contributed by atoms with Gasteiger partial charge in [0.25, 0.3) is 5.91 Å². The summed E-state index contributed by atoms with van der Waals surface area (Å²) in [7, 11) is 0. The van der Waals surface area contributed by atoms with Crippen LogP contribution in [-0.2, 0) is 0 Å². The summed E-state index contributed by atoms with van der Waals surface area (Å²) >= 11 is 0. The third-order valence-corrected chi connectivity index (χ3v) is 6.07. The van der Waals surface area contributed by atoms with Gasteiger partial charge >= 0.3 is 0 Å². The lowest BCUT2D eigenvalue weighted by Crippen LogP contribution is -2.51. The topological polar surface area (TPSA) is 59.0 Å². The van der Waals surface area contributed by atoms with E-state index in [9.17, 15) is 4.79 Å². The van der Waals surface area contributed by atoms with Crippen LogP contribution >= 0.6 is 0 Å². The zero-order chi connectivity index (χ0) is 16.6. The minimum Gasteiger partial charge on any atom is -0.337 e. The molecule has 1 unspecified atom stereocenters. The average Bonchev–Trinajstić information content (AvgIpc) is 2.64. The molecule has 1 saturated carbocycles. The van der Waals surface area contributed by atoms with Gasteiger partial charge in [0.05, 0.1) is 0 Å². The normalized spacial score (nSPS) is 23.5. The van der Waals surface area contributed by atoms with Crippen LogP contribution in [0.25, 0.3) is 11.2 Å². The molecule has 0 aromatic carbocycles. The van der Waals surface area contributed by atoms with Gasteiger partial charge in [-0.2, -0.15) is 0 Å². The number of nitrogens with zero attached hydrogens (tertiary/aromatic N) is 4. The summed E-state index contributed by atoms with van der Waals surface area (Å²) in [5.74, 6) is 0.747. The van der Waals surface area contributed by atoms with Crippen molar-refractivity contribution in [1.29, 1.82) is 0 Å². The molecule has 126 valence electrons. The van der Waals surface area contributed by atoms with E-state index in [2.05, 4.69) is 21.9 Å². The summed E-state index contributed by atoms with van der Waals surface area (Å²) < 4.78 is 0. The molecule has 1 spiro atoms. The van der Waals surface area contributed by atoms with E-state index < -0.39 is 0 Å². The Morgan fingerprint density at radius 3 is 2.79 bits per heavy atom. The molecule has 3 heterocycles. The van der Waals surface area contributed by atoms with Gasteiger partial charge < -0.3 is 4.90 Å². The molecule has 0 N–H and O–H groups in total. The fourth-order valence-corrected chi connectivity index (χ4v) is 4.49. The quantitative estimate of drug-likeness (QED) is 0.806. The zero-order valence-electron chi connectivity index (χ0n) is 14.2. The van der Waals surface area contributed by atoms with Crippen molar-refractivity contribution in [2.24, 2.45) is 11.3 Å². The van der Waals surface area contributed by atoms with Gasteiger partial charge in [-0.25, -0.2) is 9.97 Å². The van der Waals surface area contributed by atoms with Crippen molar-refractivity contribution in [1.82, 2.24) is 19.9 Å². The first-order chi connectivity index (χ1) is 11.7. The smallest absolute Gasteiger partial charge is 0.272 e. The van der Waals surface area contributed by atoms with E-state index in [1.807, 2.05) is 11.0 Å². The first-order valence-electron chi connectivity index (χ1n) is 9.05. The van der Waals surface area contributed by atoms with Gasteiger partial charge in [-0.15, -0.1) is 0 Å². The fraction of sp³-hybridized carbons (Fsp3) is 0.579. The molecule has 1 saturated heterocycles. The molecule has 24 heavy (non-hydrogen) atoms. The number of hydrogen-bond acceptors (Lipinski definition) is 4. The lowest BCUT2D eigenvalue weighted by atomic mass is 9.63. The first-order valence-corrected chi connectivity index (χ1v) is 9.05. The van der Waals surface area contributed by atoms with E-state index in [0.29, 0.717) is 22.7 Å². The molecule has 2 aromatic rings. The minimum absolute atomic E-state index is 0.0411. The van der Waals surface area contributed by atoms with Crippen LogP contribution in [0.3, 0.4) is 0 Å². The lowest BCUT2D eigenvalue weighted by Gasteiger charge is -2.49. The molecule has 2 aliphatic rings. The summed E-state index contributed by atoms with van der Waals surface area (Å²) in [4.78, 5) is 27.9. The Balaban J connectivity index is 1.58. The number of aromatic nitrogens is 3. The standard InChI is InChI=1S/C19H24N4O/c1-14-7-12-23(13-19(14)8-3-2-4-9-19)18(24)16-6-5-15-17(22-16)21-11-10-20-15/h5-6,10-11,14H,2-4,7-9,12-13H2,1H3. The van der Waals surface area contributed by atoms with Crippen LogP contribution in [0.4, 0.5) is 0 Å². The van der Waals surface area contributed by atoms with Crippen LogP contribution in [0.2, 0.25) is 0 Å². The van der Waals surface area contributed by atoms with Crippen molar-refractivity contribution in [2.75, 3.05) is 13.1 Å². The van der Waals surface area contributed by atoms with Crippen LogP contribution in [-0.4, -0.2) is 38.8 Å². The zero-order valence-corrected chi connectivity index (χ0v) is 14.2. The van der Waals surface area contributed by atoms with Crippen LogP contribution in [0.5, 0.6) is 0 Å². The van der Waals surface area contributed by atoms with Crippen LogP contribution < -0.4 is 0 Å². The van der Waals surface area contributed by atoms with Gasteiger partial charge in [0.1, 0.15) is 11.2 Å². The predicted octanol–water partition coefficient (Wildman–Crippen LogP) is 3.46. The Morgan fingerprint density at radius 2 is 1.96 bits per heavy atom. The maximum absolute atomic E-state index is 13.0. The van der Waals surface area contributed by atoms with Gasteiger partial charge in [0.2, 0.25) is 0 Å². The van der Waals surface area contributed by atoms with Crippen molar-refractivity contribution in [2.45, 2.75) is 45.4 Å². The molecular weight excluding hydrogens is 300 g/mol. The second-order valence-electron chi connectivity index (χ2n) is 7.44. The highest BCUT2D eigenvalue weighted by molar-refractivity contribution is 5.94. The molecule has 4 rings (SSSR count). The minimum atomic E-state index is 0.0411. The number of hydrogen-bond donors (Lipinski definition) is 0. The molecule has 1 aliphatic heterocycles. The highest BCUT2D eigenvalue weighted by atomic mass is 16.2. The van der Waals surface area contributed by atoms with Gasteiger partial charge in [-0.05, 0) is 42.7 Å². The Kier molecular flexibility index (Phi) is 3.94. The Hall–Kier alpha value is -2.04. The largest absolute Gasteiger partial charge is 0.337 e. The molecule has 2 fully saturated rings. The van der Waals surface area contributed by atoms with E-state index in [4.69, 9.17) is 0 Å². The number of carbonyl (C=O) groups is 1. The second kappa shape index (κ2) is 6.11. The first kappa shape index (κ1) is 15.5. The predicted molar refractivity (Wildman–Crippen MR) is 92.5 cm³/mol. The molecule has 1 atom stereocenters. The third kappa shape index (κ3) is 2.66. The third-order valence-electron chi connectivity index (χ3n) is 6.07. The summed E-state index contributed by atoms with van der Waals surface area (Å²) in [6, 6.07) is 3.62. The molecule has 1 aliphatic carbocycles. The summed E-state index contributed by atoms with van der Waals surface area (Å²) in [6.45, 7) is 4.09. The fourth-order valence-electron chi connectivity index (χ4n) is 4.49. The highest BCUT2D eigenvalue weighted by Crippen LogP contribution is 2.46. The number of rotatable bonds is 1. The summed E-state index contributed by atoms with van der Waals surface area (Å²) in [5.41, 5.74) is 2.08. The number of piperidine rings is 1. The molecule has 2 aromatic heterocycles. The maximum Gasteiger partial charge on any atom is 0.272 e. The van der Waals surface area contributed by atoms with Gasteiger partial charge in [0.15, 0.2) is 5.65 Å². The number of likely N-dealkylation sites (tertiary alicyclic amines) is 1. The van der Waals surface area contributed by atoms with E-state index >= 15 is 0 Å². The van der Waals surface area contributed by atoms with E-state index in [1.165, 1.54) is 32.1 Å². The van der Waals surface area contributed by atoms with Crippen LogP contribution in [0.1, 0.15) is 55.9 Å². The number of pyridine rings is 1. The highest BCUT2D eigenvalue weighted by Gasteiger charge is 2.43. The number of amides is 1. The van der Waals surface area contributed by atoms with Crippen LogP contribution in [0.15, 0.2) is 24.5 Å². The van der Waals surface area contributed by atoms with Gasteiger partial charge in [-0.3, -0.25) is 9.78 Å². The van der Waals surface area contributed by atoms with Crippen molar-refractivity contribution < 1.29 is 4.79 Å².